The van der Waals surface area contributed by atoms with Gasteiger partial charge in [0.05, 0.1) is 17.2 Å². The zero-order chi connectivity index (χ0) is 30.6. The van der Waals surface area contributed by atoms with Crippen molar-refractivity contribution in [3.05, 3.63) is 82.1 Å². The molecule has 2 amide bonds. The Balaban J connectivity index is 0.000000367. The normalized spacial score (nSPS) is 28.8. The summed E-state index contributed by atoms with van der Waals surface area (Å²) in [6.45, 7) is 1.40. The Hall–Kier alpha value is -4.52. The second kappa shape index (κ2) is 10.1. The van der Waals surface area contributed by atoms with Crippen LogP contribution in [0.2, 0.25) is 0 Å². The van der Waals surface area contributed by atoms with Gasteiger partial charge in [-0.25, -0.2) is 0 Å². The molecule has 3 aliphatic rings. The number of rotatable bonds is 3. The number of carbonyl (C=O) groups excluding carboxylic acids is 4. The molecule has 0 unspecified atom stereocenters. The van der Waals surface area contributed by atoms with E-state index in [9.17, 15) is 44.7 Å². The number of fused-ring (bicyclic) bond motifs is 3. The van der Waals surface area contributed by atoms with Crippen LogP contribution in [0.3, 0.4) is 0 Å². The van der Waals surface area contributed by atoms with Crippen molar-refractivity contribution in [2.45, 2.75) is 30.6 Å². The summed E-state index contributed by atoms with van der Waals surface area (Å²) >= 11 is 0. The van der Waals surface area contributed by atoms with Gasteiger partial charge in [-0.05, 0) is 51.2 Å². The van der Waals surface area contributed by atoms with Crippen molar-refractivity contribution >= 4 is 29.1 Å². The second-order valence-corrected chi connectivity index (χ2v) is 10.7. The van der Waals surface area contributed by atoms with Gasteiger partial charge in [0.2, 0.25) is 11.7 Å². The van der Waals surface area contributed by atoms with Gasteiger partial charge < -0.3 is 37.0 Å². The lowest BCUT2D eigenvalue weighted by Gasteiger charge is -2.53. The van der Waals surface area contributed by atoms with Crippen LogP contribution in [-0.4, -0.2) is 79.6 Å². The lowest BCUT2D eigenvalue weighted by atomic mass is 9.54. The van der Waals surface area contributed by atoms with Crippen molar-refractivity contribution in [3.8, 4) is 5.75 Å². The average Bonchev–Trinajstić information content (AvgIpc) is 2.89. The molecular weight excluding hydrogens is 534 g/mol. The zero-order valence-corrected chi connectivity index (χ0v) is 22.5. The van der Waals surface area contributed by atoms with Crippen molar-refractivity contribution in [3.63, 3.8) is 0 Å². The molecule has 12 heteroatoms. The summed E-state index contributed by atoms with van der Waals surface area (Å²) in [5.74, 6) is -8.28. The van der Waals surface area contributed by atoms with Crippen LogP contribution >= 0.6 is 0 Å². The number of Topliss-reactive ketones (excluding diaryl/α,β-unsaturated/α-hetero) is 2. The van der Waals surface area contributed by atoms with E-state index < -0.39 is 75.0 Å². The molecule has 2 aromatic rings. The summed E-state index contributed by atoms with van der Waals surface area (Å²) in [4.78, 5) is 50.4. The SMILES string of the molecule is CN(C)[C@@H]1C(=O)C(C(N)=O)=C(O)[C@@]2(O)C(=O)C3=C(O)c4c(O)cccc4[C@@](C)(O)[C@H]3C[C@@H]12.NC(=O)c1ccccc1. The van der Waals surface area contributed by atoms with E-state index in [-0.39, 0.29) is 23.5 Å². The van der Waals surface area contributed by atoms with E-state index in [2.05, 4.69) is 0 Å². The Labute approximate surface area is 234 Å². The molecule has 0 saturated heterocycles. The molecule has 12 nitrogen and oxygen atoms in total. The lowest BCUT2D eigenvalue weighted by Crippen LogP contribution is -2.67. The fourth-order valence-electron chi connectivity index (χ4n) is 6.10. The van der Waals surface area contributed by atoms with Crippen LogP contribution in [0.25, 0.3) is 5.76 Å². The molecule has 5 atom stereocenters. The summed E-state index contributed by atoms with van der Waals surface area (Å²) in [6, 6.07) is 11.8. The number of hydrogen-bond donors (Lipinski definition) is 7. The smallest absolute Gasteiger partial charge is 0.255 e. The molecule has 0 spiro atoms. The largest absolute Gasteiger partial charge is 0.508 e. The molecular formula is C29H31N3O9. The van der Waals surface area contributed by atoms with E-state index in [1.54, 1.807) is 24.3 Å². The Bertz CT molecular complexity index is 1530. The Morgan fingerprint density at radius 2 is 1.54 bits per heavy atom. The third-order valence-corrected chi connectivity index (χ3v) is 8.08. The lowest BCUT2D eigenvalue weighted by molar-refractivity contribution is -0.159. The maximum atomic E-state index is 13.7. The first-order valence-corrected chi connectivity index (χ1v) is 12.6. The third-order valence-electron chi connectivity index (χ3n) is 8.08. The first-order valence-electron chi connectivity index (χ1n) is 12.6. The van der Waals surface area contributed by atoms with Gasteiger partial charge in [0.25, 0.3) is 5.91 Å². The number of ketones is 2. The topological polar surface area (TPSA) is 225 Å². The van der Waals surface area contributed by atoms with Crippen molar-refractivity contribution in [1.29, 1.82) is 0 Å². The summed E-state index contributed by atoms with van der Waals surface area (Å²) < 4.78 is 0. The van der Waals surface area contributed by atoms with Gasteiger partial charge in [-0.1, -0.05) is 30.3 Å². The molecule has 0 aliphatic heterocycles. The van der Waals surface area contributed by atoms with Crippen molar-refractivity contribution in [2.24, 2.45) is 23.3 Å². The molecule has 0 bridgehead atoms. The third kappa shape index (κ3) is 4.36. The Morgan fingerprint density at radius 1 is 0.927 bits per heavy atom. The highest BCUT2D eigenvalue weighted by Gasteiger charge is 2.66. The zero-order valence-electron chi connectivity index (χ0n) is 22.5. The molecule has 2 aromatic carbocycles. The number of nitrogens with two attached hydrogens (primary N) is 2. The number of phenols is 1. The standard InChI is InChI=1S/C22H24N2O8.C7H7NO/c1-21(31)8-5-4-6-11(25)12(8)16(26)13-9(21)7-10-15(24(2)3)17(27)14(20(23)30)19(29)22(10,32)18(13)28;8-7(9)6-4-2-1-3-5-6/h4-6,9-10,15,25-26,29,31-32H,7H2,1-3H3,(H2,23,30);1-5H,(H2,8,9)/t9-,10-,15-,21+,22-;/m0./s1. The predicted octanol–water partition coefficient (Wildman–Crippen LogP) is 0.415. The fourth-order valence-corrected chi connectivity index (χ4v) is 6.10. The predicted molar refractivity (Wildman–Crippen MR) is 145 cm³/mol. The number of aromatic hydroxyl groups is 1. The van der Waals surface area contributed by atoms with Gasteiger partial charge in [-0.2, -0.15) is 0 Å². The summed E-state index contributed by atoms with van der Waals surface area (Å²) in [5, 5.41) is 54.9. The summed E-state index contributed by atoms with van der Waals surface area (Å²) in [6.07, 6.45) is -0.200. The van der Waals surface area contributed by atoms with E-state index in [4.69, 9.17) is 11.5 Å². The van der Waals surface area contributed by atoms with E-state index in [0.29, 0.717) is 5.56 Å². The number of phenolic OH excluding ortho intramolecular Hbond substituents is 1. The number of hydrogen-bond acceptors (Lipinski definition) is 10. The number of aliphatic hydroxyl groups excluding tert-OH is 2. The molecule has 0 aromatic heterocycles. The minimum absolute atomic E-state index is 0.170. The number of carbonyl (C=O) groups is 4. The maximum absolute atomic E-state index is 13.7. The van der Waals surface area contributed by atoms with Crippen molar-refractivity contribution < 1.29 is 44.7 Å². The average molecular weight is 566 g/mol. The number of primary amides is 2. The highest BCUT2D eigenvalue weighted by Crippen LogP contribution is 2.57. The van der Waals surface area contributed by atoms with Crippen LogP contribution in [0.4, 0.5) is 0 Å². The molecule has 9 N–H and O–H groups in total. The molecule has 0 radical (unpaired) electrons. The van der Waals surface area contributed by atoms with Gasteiger partial charge in [0, 0.05) is 23.0 Å². The van der Waals surface area contributed by atoms with Gasteiger partial charge in [-0.15, -0.1) is 0 Å². The van der Waals surface area contributed by atoms with Crippen LogP contribution in [0.5, 0.6) is 5.75 Å². The first-order chi connectivity index (χ1) is 19.1. The Kier molecular flexibility index (Phi) is 7.29. The highest BCUT2D eigenvalue weighted by atomic mass is 16.3. The monoisotopic (exact) mass is 565 g/mol. The molecule has 3 aliphatic carbocycles. The van der Waals surface area contributed by atoms with Gasteiger partial charge >= 0.3 is 0 Å². The van der Waals surface area contributed by atoms with E-state index >= 15 is 0 Å². The number of amides is 2. The van der Waals surface area contributed by atoms with Crippen LogP contribution in [0.1, 0.15) is 34.8 Å². The molecule has 1 saturated carbocycles. The van der Waals surface area contributed by atoms with Gasteiger partial charge in [0.1, 0.15) is 22.8 Å². The van der Waals surface area contributed by atoms with Gasteiger partial charge in [0.15, 0.2) is 11.4 Å². The molecule has 0 heterocycles. The molecule has 1 fully saturated rings. The minimum atomic E-state index is -2.75. The summed E-state index contributed by atoms with van der Waals surface area (Å²) in [7, 11) is 3.01. The van der Waals surface area contributed by atoms with Crippen LogP contribution in [0.15, 0.2) is 65.4 Å². The minimum Gasteiger partial charge on any atom is -0.508 e. The second-order valence-electron chi connectivity index (χ2n) is 10.7. The van der Waals surface area contributed by atoms with Crippen LogP contribution in [-0.2, 0) is 20.0 Å². The van der Waals surface area contributed by atoms with E-state index in [1.165, 1.54) is 44.1 Å². The number of aliphatic hydroxyl groups is 4. The van der Waals surface area contributed by atoms with Gasteiger partial charge in [-0.3, -0.25) is 24.1 Å². The van der Waals surface area contributed by atoms with Crippen molar-refractivity contribution in [2.75, 3.05) is 14.1 Å². The molecule has 41 heavy (non-hydrogen) atoms. The van der Waals surface area contributed by atoms with Crippen molar-refractivity contribution in [1.82, 2.24) is 4.90 Å². The quantitative estimate of drug-likeness (QED) is 0.254. The molecule has 216 valence electrons. The Morgan fingerprint density at radius 3 is 2.05 bits per heavy atom. The number of likely N-dealkylation sites (N-methyl/N-ethyl adjacent to an activating group) is 1. The maximum Gasteiger partial charge on any atom is 0.255 e. The molecule has 5 rings (SSSR count). The van der Waals surface area contributed by atoms with Crippen LogP contribution in [0, 0.1) is 11.8 Å². The highest BCUT2D eigenvalue weighted by molar-refractivity contribution is 6.24. The number of benzene rings is 2. The van der Waals surface area contributed by atoms with Crippen LogP contribution < -0.4 is 11.5 Å². The number of nitrogens with zero attached hydrogens (tertiary/aromatic N) is 1. The first kappa shape index (κ1) is 29.5. The summed E-state index contributed by atoms with van der Waals surface area (Å²) in [5.41, 5.74) is 4.98. The van der Waals surface area contributed by atoms with E-state index in [1.807, 2.05) is 6.07 Å². The van der Waals surface area contributed by atoms with E-state index in [0.717, 1.165) is 0 Å². The fraction of sp³-hybridized carbons (Fsp3) is 0.310.